The van der Waals surface area contributed by atoms with Crippen LogP contribution in [-0.4, -0.2) is 100 Å². The van der Waals surface area contributed by atoms with E-state index >= 15 is 0 Å². The molecule has 0 amide bonds. The molecule has 3 fully saturated rings. The SMILES string of the molecule is CN=C(NCC(CC(C)C)N1CCOCC1)N1CCOC(C2CCCO2)C1. The first-order chi connectivity index (χ1) is 13.2. The predicted octanol–water partition coefficient (Wildman–Crippen LogP) is 1.19. The Morgan fingerprint density at radius 2 is 1.85 bits per heavy atom. The van der Waals surface area contributed by atoms with E-state index in [1.807, 2.05) is 7.05 Å². The molecule has 0 saturated carbocycles. The van der Waals surface area contributed by atoms with Gasteiger partial charge >= 0.3 is 0 Å². The first kappa shape index (κ1) is 20.8. The summed E-state index contributed by atoms with van der Waals surface area (Å²) in [5.74, 6) is 1.66. The zero-order valence-electron chi connectivity index (χ0n) is 17.4. The third-order valence-electron chi connectivity index (χ3n) is 5.79. The molecule has 3 atom stereocenters. The number of ether oxygens (including phenoxy) is 3. The van der Waals surface area contributed by atoms with Crippen LogP contribution >= 0.6 is 0 Å². The molecule has 3 unspecified atom stereocenters. The van der Waals surface area contributed by atoms with Gasteiger partial charge in [-0.3, -0.25) is 9.89 Å². The molecule has 0 aromatic carbocycles. The van der Waals surface area contributed by atoms with Gasteiger partial charge in [0.15, 0.2) is 5.96 Å². The fraction of sp³-hybridized carbons (Fsp3) is 0.950. The first-order valence-corrected chi connectivity index (χ1v) is 10.7. The minimum absolute atomic E-state index is 0.158. The second-order valence-electron chi connectivity index (χ2n) is 8.27. The van der Waals surface area contributed by atoms with Crippen molar-refractivity contribution in [1.29, 1.82) is 0 Å². The predicted molar refractivity (Wildman–Crippen MR) is 107 cm³/mol. The standard InChI is InChI=1S/C20H38N4O3/c1-16(2)13-17(23-6-10-25-11-7-23)14-22-20(21-3)24-8-12-27-19(15-24)18-5-4-9-26-18/h16-19H,4-15H2,1-3H3,(H,21,22). The van der Waals surface area contributed by atoms with Gasteiger partial charge in [0.05, 0.1) is 25.9 Å². The van der Waals surface area contributed by atoms with Crippen LogP contribution in [-0.2, 0) is 14.2 Å². The van der Waals surface area contributed by atoms with Gasteiger partial charge in [0.1, 0.15) is 6.10 Å². The topological polar surface area (TPSA) is 58.6 Å². The Morgan fingerprint density at radius 1 is 1.07 bits per heavy atom. The van der Waals surface area contributed by atoms with Crippen molar-refractivity contribution in [3.05, 3.63) is 0 Å². The van der Waals surface area contributed by atoms with Crippen molar-refractivity contribution in [2.24, 2.45) is 10.9 Å². The molecule has 0 radical (unpaired) electrons. The largest absolute Gasteiger partial charge is 0.379 e. The molecule has 3 heterocycles. The average Bonchev–Trinajstić information content (AvgIpc) is 3.23. The summed E-state index contributed by atoms with van der Waals surface area (Å²) in [6.45, 7) is 12.6. The number of hydrogen-bond donors (Lipinski definition) is 1. The van der Waals surface area contributed by atoms with Gasteiger partial charge < -0.3 is 24.4 Å². The van der Waals surface area contributed by atoms with Gasteiger partial charge in [-0.1, -0.05) is 13.8 Å². The van der Waals surface area contributed by atoms with Crippen LogP contribution in [0.15, 0.2) is 4.99 Å². The van der Waals surface area contributed by atoms with Crippen molar-refractivity contribution >= 4 is 5.96 Å². The van der Waals surface area contributed by atoms with Crippen LogP contribution in [0.1, 0.15) is 33.1 Å². The molecule has 3 aliphatic rings. The molecule has 3 saturated heterocycles. The zero-order valence-corrected chi connectivity index (χ0v) is 17.4. The molecule has 7 heteroatoms. The Morgan fingerprint density at radius 3 is 2.52 bits per heavy atom. The molecule has 0 spiro atoms. The lowest BCUT2D eigenvalue weighted by atomic mass is 10.0. The molecular formula is C20H38N4O3. The van der Waals surface area contributed by atoms with Crippen LogP contribution in [0.3, 0.4) is 0 Å². The number of morpholine rings is 2. The summed E-state index contributed by atoms with van der Waals surface area (Å²) in [5.41, 5.74) is 0. The highest BCUT2D eigenvalue weighted by Gasteiger charge is 2.32. The summed E-state index contributed by atoms with van der Waals surface area (Å²) in [6, 6.07) is 0.514. The number of guanidine groups is 1. The highest BCUT2D eigenvalue weighted by atomic mass is 16.5. The number of hydrogen-bond acceptors (Lipinski definition) is 5. The summed E-state index contributed by atoms with van der Waals surface area (Å²) in [6.07, 6.45) is 3.84. The molecule has 0 aliphatic carbocycles. The normalized spacial score (nSPS) is 29.3. The van der Waals surface area contributed by atoms with Crippen LogP contribution in [0.2, 0.25) is 0 Å². The van der Waals surface area contributed by atoms with Crippen LogP contribution in [0.5, 0.6) is 0 Å². The minimum atomic E-state index is 0.158. The Kier molecular flexibility index (Phi) is 8.18. The molecular weight excluding hydrogens is 344 g/mol. The molecule has 0 aromatic rings. The van der Waals surface area contributed by atoms with Crippen molar-refractivity contribution < 1.29 is 14.2 Å². The van der Waals surface area contributed by atoms with E-state index in [1.165, 1.54) is 6.42 Å². The Labute approximate surface area is 164 Å². The van der Waals surface area contributed by atoms with Crippen molar-refractivity contribution in [3.8, 4) is 0 Å². The van der Waals surface area contributed by atoms with Gasteiger partial charge in [-0.25, -0.2) is 0 Å². The lowest BCUT2D eigenvalue weighted by Crippen LogP contribution is -2.56. The Balaban J connectivity index is 1.54. The summed E-state index contributed by atoms with van der Waals surface area (Å²) in [5, 5.41) is 3.65. The third-order valence-corrected chi connectivity index (χ3v) is 5.79. The van der Waals surface area contributed by atoms with E-state index in [-0.39, 0.29) is 12.2 Å². The van der Waals surface area contributed by atoms with Crippen LogP contribution in [0, 0.1) is 5.92 Å². The van der Waals surface area contributed by atoms with Gasteiger partial charge in [0.2, 0.25) is 0 Å². The molecule has 1 N–H and O–H groups in total. The maximum absolute atomic E-state index is 5.99. The van der Waals surface area contributed by atoms with Gasteiger partial charge in [0.25, 0.3) is 0 Å². The number of nitrogens with zero attached hydrogens (tertiary/aromatic N) is 3. The average molecular weight is 383 g/mol. The van der Waals surface area contributed by atoms with Crippen molar-refractivity contribution in [2.45, 2.75) is 51.4 Å². The molecule has 27 heavy (non-hydrogen) atoms. The van der Waals surface area contributed by atoms with Crippen LogP contribution < -0.4 is 5.32 Å². The smallest absolute Gasteiger partial charge is 0.193 e. The molecule has 7 nitrogen and oxygen atoms in total. The van der Waals surface area contributed by atoms with Crippen molar-refractivity contribution in [2.75, 3.05) is 66.2 Å². The van der Waals surface area contributed by atoms with Gasteiger partial charge in [-0.05, 0) is 25.2 Å². The number of nitrogens with one attached hydrogen (secondary N) is 1. The summed E-state index contributed by atoms with van der Waals surface area (Å²) in [4.78, 5) is 9.46. The van der Waals surface area contributed by atoms with E-state index < -0.39 is 0 Å². The third kappa shape index (κ3) is 6.04. The monoisotopic (exact) mass is 382 g/mol. The summed E-state index contributed by atoms with van der Waals surface area (Å²) >= 11 is 0. The van der Waals surface area contributed by atoms with E-state index in [2.05, 4.69) is 34.0 Å². The summed E-state index contributed by atoms with van der Waals surface area (Å²) < 4.78 is 17.4. The second-order valence-corrected chi connectivity index (χ2v) is 8.27. The number of aliphatic imine (C=N–C) groups is 1. The molecule has 0 bridgehead atoms. The van der Waals surface area contributed by atoms with E-state index in [0.29, 0.717) is 12.0 Å². The lowest BCUT2D eigenvalue weighted by molar-refractivity contribution is -0.0817. The highest BCUT2D eigenvalue weighted by Crippen LogP contribution is 2.21. The molecule has 0 aromatic heterocycles. The van der Waals surface area contributed by atoms with Crippen molar-refractivity contribution in [3.63, 3.8) is 0 Å². The van der Waals surface area contributed by atoms with Gasteiger partial charge in [-0.15, -0.1) is 0 Å². The van der Waals surface area contributed by atoms with Crippen molar-refractivity contribution in [1.82, 2.24) is 15.1 Å². The van der Waals surface area contributed by atoms with E-state index in [0.717, 1.165) is 78.0 Å². The number of rotatable bonds is 6. The fourth-order valence-electron chi connectivity index (χ4n) is 4.38. The lowest BCUT2D eigenvalue weighted by Gasteiger charge is -2.39. The highest BCUT2D eigenvalue weighted by molar-refractivity contribution is 5.80. The molecule has 3 aliphatic heterocycles. The summed E-state index contributed by atoms with van der Waals surface area (Å²) in [7, 11) is 1.88. The van der Waals surface area contributed by atoms with Crippen LogP contribution in [0.25, 0.3) is 0 Å². The molecule has 3 rings (SSSR count). The second kappa shape index (κ2) is 10.6. The first-order valence-electron chi connectivity index (χ1n) is 10.7. The Hall–Kier alpha value is -0.890. The quantitative estimate of drug-likeness (QED) is 0.550. The minimum Gasteiger partial charge on any atom is -0.379 e. The van der Waals surface area contributed by atoms with Crippen LogP contribution in [0.4, 0.5) is 0 Å². The van der Waals surface area contributed by atoms with Gasteiger partial charge in [-0.2, -0.15) is 0 Å². The molecule has 156 valence electrons. The fourth-order valence-corrected chi connectivity index (χ4v) is 4.38. The van der Waals surface area contributed by atoms with Gasteiger partial charge in [0, 0.05) is 52.4 Å². The Bertz CT molecular complexity index is 462. The van der Waals surface area contributed by atoms with E-state index in [4.69, 9.17) is 14.2 Å². The van der Waals surface area contributed by atoms with E-state index in [9.17, 15) is 0 Å². The zero-order chi connectivity index (χ0) is 19.1. The maximum Gasteiger partial charge on any atom is 0.193 e. The van der Waals surface area contributed by atoms with E-state index in [1.54, 1.807) is 0 Å². The maximum atomic E-state index is 5.99.